The number of hydrogen-bond acceptors (Lipinski definition) is 4. The quantitative estimate of drug-likeness (QED) is 0.877. The Morgan fingerprint density at radius 2 is 2.04 bits per heavy atom. The molecule has 0 saturated carbocycles. The van der Waals surface area contributed by atoms with Gasteiger partial charge in [-0.25, -0.2) is 13.6 Å². The van der Waals surface area contributed by atoms with Crippen LogP contribution in [0.4, 0.5) is 19.3 Å². The van der Waals surface area contributed by atoms with Gasteiger partial charge in [-0.15, -0.1) is 0 Å². The van der Waals surface area contributed by atoms with E-state index < -0.39 is 29.6 Å². The van der Waals surface area contributed by atoms with Gasteiger partial charge in [0.05, 0.1) is 18.8 Å². The topological polar surface area (TPSA) is 78.9 Å². The third-order valence-electron chi connectivity index (χ3n) is 3.97. The van der Waals surface area contributed by atoms with Crippen molar-refractivity contribution in [2.24, 2.45) is 0 Å². The summed E-state index contributed by atoms with van der Waals surface area (Å²) in [5.74, 6) is -2.24. The van der Waals surface area contributed by atoms with Gasteiger partial charge in [0.1, 0.15) is 11.9 Å². The number of phenolic OH excluding ortho intramolecular Hbond substituents is 1. The van der Waals surface area contributed by atoms with Gasteiger partial charge in [-0.2, -0.15) is 0 Å². The number of carbonyl (C=O) groups excluding carboxylic acids is 2. The van der Waals surface area contributed by atoms with Crippen LogP contribution in [0.2, 0.25) is 0 Å². The number of nitrogens with zero attached hydrogens (tertiary/aromatic N) is 1. The van der Waals surface area contributed by atoms with Crippen LogP contribution in [0.5, 0.6) is 5.75 Å². The number of nitrogens with one attached hydrogen (secondary N) is 1. The highest BCUT2D eigenvalue weighted by Gasteiger charge is 2.32. The van der Waals surface area contributed by atoms with Gasteiger partial charge < -0.3 is 15.2 Å². The van der Waals surface area contributed by atoms with Crippen molar-refractivity contribution >= 4 is 17.7 Å². The summed E-state index contributed by atoms with van der Waals surface area (Å²) in [6.45, 7) is 1.71. The van der Waals surface area contributed by atoms with Crippen LogP contribution < -0.4 is 10.2 Å². The molecule has 1 atom stereocenters. The summed E-state index contributed by atoms with van der Waals surface area (Å²) in [5, 5.41) is 12.0. The van der Waals surface area contributed by atoms with E-state index in [0.717, 1.165) is 18.2 Å². The molecule has 1 heterocycles. The number of hydrogen-bond donors (Lipinski definition) is 2. The normalized spacial score (nSPS) is 16.5. The molecule has 0 aliphatic carbocycles. The van der Waals surface area contributed by atoms with Crippen LogP contribution in [0.15, 0.2) is 36.4 Å². The maximum absolute atomic E-state index is 14.5. The maximum Gasteiger partial charge on any atom is 0.414 e. The van der Waals surface area contributed by atoms with Crippen LogP contribution >= 0.6 is 0 Å². The molecule has 2 aromatic rings. The van der Waals surface area contributed by atoms with Crippen LogP contribution in [0.3, 0.4) is 0 Å². The summed E-state index contributed by atoms with van der Waals surface area (Å²) in [5.41, 5.74) is 0.764. The minimum absolute atomic E-state index is 0.159. The van der Waals surface area contributed by atoms with E-state index >= 15 is 0 Å². The molecule has 1 saturated heterocycles. The summed E-state index contributed by atoms with van der Waals surface area (Å²) in [6, 6.07) is 7.65. The van der Waals surface area contributed by atoms with E-state index in [9.17, 15) is 23.5 Å². The first kappa shape index (κ1) is 17.7. The Hall–Kier alpha value is -3.16. The van der Waals surface area contributed by atoms with E-state index in [2.05, 4.69) is 5.32 Å². The lowest BCUT2D eigenvalue weighted by molar-refractivity contribution is -0.119. The van der Waals surface area contributed by atoms with Gasteiger partial charge in [0.2, 0.25) is 5.91 Å². The van der Waals surface area contributed by atoms with Gasteiger partial charge in [0, 0.05) is 12.5 Å². The molecule has 3 rings (SSSR count). The summed E-state index contributed by atoms with van der Waals surface area (Å²) >= 11 is 0. The number of amides is 2. The van der Waals surface area contributed by atoms with Crippen molar-refractivity contribution in [3.63, 3.8) is 0 Å². The van der Waals surface area contributed by atoms with Gasteiger partial charge in [-0.3, -0.25) is 9.69 Å². The Labute approximate surface area is 148 Å². The SMILES string of the molecule is CC(=O)NC[C@H]1CN(c2ccc(-c3ccc(F)c(O)c3)c(F)c2)C(=O)O1. The second-order valence-electron chi connectivity index (χ2n) is 5.88. The van der Waals surface area contributed by atoms with E-state index in [-0.39, 0.29) is 24.6 Å². The molecule has 0 radical (unpaired) electrons. The van der Waals surface area contributed by atoms with E-state index in [1.807, 2.05) is 0 Å². The van der Waals surface area contributed by atoms with Gasteiger partial charge in [-0.1, -0.05) is 6.07 Å². The lowest BCUT2D eigenvalue weighted by Crippen LogP contribution is -2.33. The number of anilines is 1. The molecular formula is C18H16F2N2O4. The zero-order chi connectivity index (χ0) is 18.8. The van der Waals surface area contributed by atoms with E-state index in [4.69, 9.17) is 4.74 Å². The fraction of sp³-hybridized carbons (Fsp3) is 0.222. The number of cyclic esters (lactones) is 1. The Morgan fingerprint density at radius 1 is 1.27 bits per heavy atom. The molecule has 2 aromatic carbocycles. The fourth-order valence-corrected chi connectivity index (χ4v) is 2.68. The van der Waals surface area contributed by atoms with Crippen LogP contribution in [0.25, 0.3) is 11.1 Å². The molecule has 1 aliphatic rings. The third-order valence-corrected chi connectivity index (χ3v) is 3.97. The van der Waals surface area contributed by atoms with Crippen molar-refractivity contribution in [2.45, 2.75) is 13.0 Å². The van der Waals surface area contributed by atoms with Gasteiger partial charge in [0.25, 0.3) is 0 Å². The summed E-state index contributed by atoms with van der Waals surface area (Å²) < 4.78 is 32.8. The molecule has 0 aromatic heterocycles. The molecule has 0 spiro atoms. The molecule has 26 heavy (non-hydrogen) atoms. The Morgan fingerprint density at radius 3 is 2.69 bits per heavy atom. The Kier molecular flexibility index (Phi) is 4.75. The summed E-state index contributed by atoms with van der Waals surface area (Å²) in [4.78, 5) is 24.2. The highest BCUT2D eigenvalue weighted by Crippen LogP contribution is 2.31. The monoisotopic (exact) mass is 362 g/mol. The van der Waals surface area contributed by atoms with E-state index in [1.54, 1.807) is 0 Å². The number of halogens is 2. The average molecular weight is 362 g/mol. The van der Waals surface area contributed by atoms with E-state index in [1.165, 1.54) is 30.0 Å². The highest BCUT2D eigenvalue weighted by atomic mass is 19.1. The molecule has 2 amide bonds. The van der Waals surface area contributed by atoms with Crippen molar-refractivity contribution in [2.75, 3.05) is 18.0 Å². The van der Waals surface area contributed by atoms with Crippen LogP contribution in [0.1, 0.15) is 6.92 Å². The number of aromatic hydroxyl groups is 1. The molecule has 0 bridgehead atoms. The van der Waals surface area contributed by atoms with Gasteiger partial charge in [0.15, 0.2) is 11.6 Å². The molecule has 8 heteroatoms. The summed E-state index contributed by atoms with van der Waals surface area (Å²) in [6.07, 6.45) is -1.16. The largest absolute Gasteiger partial charge is 0.505 e. The molecule has 136 valence electrons. The van der Waals surface area contributed by atoms with Crippen LogP contribution in [-0.4, -0.2) is 36.3 Å². The average Bonchev–Trinajstić information content (AvgIpc) is 2.96. The maximum atomic E-state index is 14.5. The number of ether oxygens (including phenoxy) is 1. The molecule has 1 aliphatic heterocycles. The molecule has 6 nitrogen and oxygen atoms in total. The lowest BCUT2D eigenvalue weighted by Gasteiger charge is -2.14. The first-order chi connectivity index (χ1) is 12.3. The standard InChI is InChI=1S/C18H16F2N2O4/c1-10(23)21-8-13-9-22(18(25)26-13)12-3-4-14(16(20)7-12)11-2-5-15(19)17(24)6-11/h2-7,13,24H,8-9H2,1H3,(H,21,23)/t13-/m0/s1. The minimum Gasteiger partial charge on any atom is -0.505 e. The molecule has 1 fully saturated rings. The zero-order valence-electron chi connectivity index (χ0n) is 13.8. The number of carbonyl (C=O) groups is 2. The molecule has 2 N–H and O–H groups in total. The van der Waals surface area contributed by atoms with Gasteiger partial charge in [-0.05, 0) is 35.9 Å². The first-order valence-electron chi connectivity index (χ1n) is 7.86. The lowest BCUT2D eigenvalue weighted by atomic mass is 10.0. The van der Waals surface area contributed by atoms with Crippen molar-refractivity contribution in [3.8, 4) is 16.9 Å². The van der Waals surface area contributed by atoms with Crippen molar-refractivity contribution in [1.82, 2.24) is 5.32 Å². The molecule has 0 unspecified atom stereocenters. The van der Waals surface area contributed by atoms with E-state index in [0.29, 0.717) is 11.3 Å². The van der Waals surface area contributed by atoms with Crippen molar-refractivity contribution in [1.29, 1.82) is 0 Å². The fourth-order valence-electron chi connectivity index (χ4n) is 2.68. The third kappa shape index (κ3) is 3.58. The summed E-state index contributed by atoms with van der Waals surface area (Å²) in [7, 11) is 0. The van der Waals surface area contributed by atoms with Crippen molar-refractivity contribution in [3.05, 3.63) is 48.0 Å². The predicted octanol–water partition coefficient (Wildman–Crippen LogP) is 2.80. The number of phenols is 1. The Balaban J connectivity index is 1.80. The van der Waals surface area contributed by atoms with Gasteiger partial charge >= 0.3 is 6.09 Å². The smallest absolute Gasteiger partial charge is 0.414 e. The second-order valence-corrected chi connectivity index (χ2v) is 5.88. The predicted molar refractivity (Wildman–Crippen MR) is 89.8 cm³/mol. The van der Waals surface area contributed by atoms with Crippen molar-refractivity contribution < 1.29 is 28.2 Å². The zero-order valence-corrected chi connectivity index (χ0v) is 13.8. The number of rotatable bonds is 4. The molecular weight excluding hydrogens is 346 g/mol. The van der Waals surface area contributed by atoms with Crippen LogP contribution in [-0.2, 0) is 9.53 Å². The van der Waals surface area contributed by atoms with Crippen LogP contribution in [0, 0.1) is 11.6 Å². The minimum atomic E-state index is -0.796. The Bertz CT molecular complexity index is 872. The first-order valence-corrected chi connectivity index (χ1v) is 7.86. The second kappa shape index (κ2) is 6.99. The number of benzene rings is 2. The highest BCUT2D eigenvalue weighted by molar-refractivity contribution is 5.90.